The van der Waals surface area contributed by atoms with Crippen molar-refractivity contribution in [3.8, 4) is 28.9 Å². The van der Waals surface area contributed by atoms with Crippen LogP contribution in [0.15, 0.2) is 42.7 Å². The van der Waals surface area contributed by atoms with Gasteiger partial charge in [-0.15, -0.1) is 0 Å². The Morgan fingerprint density at radius 2 is 1.94 bits per heavy atom. The van der Waals surface area contributed by atoms with Crippen LogP contribution < -0.4 is 0 Å². The number of benzene rings is 1. The number of nitrogens with zero attached hydrogens (tertiary/aromatic N) is 6. The molecule has 3 aromatic rings. The summed E-state index contributed by atoms with van der Waals surface area (Å²) in [6.45, 7) is 5.89. The molecule has 2 aromatic heterocycles. The van der Waals surface area contributed by atoms with Crippen LogP contribution in [0.25, 0.3) is 16.9 Å². The highest BCUT2D eigenvalue weighted by atomic mass is 16.3. The van der Waals surface area contributed by atoms with Crippen molar-refractivity contribution in [2.45, 2.75) is 38.6 Å². The molecule has 1 amide bonds. The lowest BCUT2D eigenvalue weighted by Gasteiger charge is -2.28. The van der Waals surface area contributed by atoms with E-state index >= 15 is 0 Å². The molecule has 8 heteroatoms. The third kappa shape index (κ3) is 4.15. The smallest absolute Gasteiger partial charge is 0.255 e. The normalized spacial score (nSPS) is 18.4. The van der Waals surface area contributed by atoms with Gasteiger partial charge in [0.15, 0.2) is 5.82 Å². The van der Waals surface area contributed by atoms with E-state index in [-0.39, 0.29) is 17.8 Å². The molecule has 0 aliphatic carbocycles. The fraction of sp³-hybridized carbons (Fsp3) is 0.385. The lowest BCUT2D eigenvalue weighted by molar-refractivity contribution is 0.0708. The zero-order valence-electron chi connectivity index (χ0n) is 19.3. The zero-order chi connectivity index (χ0) is 23.7. The molecule has 1 N–H and O–H groups in total. The predicted octanol–water partition coefficient (Wildman–Crippen LogP) is 3.52. The van der Waals surface area contributed by atoms with Gasteiger partial charge in [-0.2, -0.15) is 15.0 Å². The molecule has 0 spiro atoms. The SMILES string of the molecule is Cc1cc(C#N)ccc1-c1cnn(-c2ccc(C(=O)N3CCCC3CN3CCCC3)cn2)c1O. The molecule has 1 aromatic carbocycles. The lowest BCUT2D eigenvalue weighted by atomic mass is 10.0. The molecule has 1 unspecified atom stereocenters. The Labute approximate surface area is 199 Å². The highest BCUT2D eigenvalue weighted by Gasteiger charge is 2.31. The van der Waals surface area contributed by atoms with E-state index in [4.69, 9.17) is 5.26 Å². The molecular weight excluding hydrogens is 428 g/mol. The van der Waals surface area contributed by atoms with Crippen LogP contribution in [0.4, 0.5) is 0 Å². The van der Waals surface area contributed by atoms with Crippen molar-refractivity contribution in [3.05, 3.63) is 59.4 Å². The van der Waals surface area contributed by atoms with E-state index in [0.717, 1.165) is 50.1 Å². The number of hydrogen-bond acceptors (Lipinski definition) is 6. The maximum absolute atomic E-state index is 13.2. The first-order chi connectivity index (χ1) is 16.5. The van der Waals surface area contributed by atoms with E-state index in [1.807, 2.05) is 11.8 Å². The quantitative estimate of drug-likeness (QED) is 0.631. The van der Waals surface area contributed by atoms with Crippen molar-refractivity contribution in [1.29, 1.82) is 5.26 Å². The Morgan fingerprint density at radius 3 is 2.65 bits per heavy atom. The molecule has 34 heavy (non-hydrogen) atoms. The molecule has 2 aliphatic heterocycles. The molecule has 0 radical (unpaired) electrons. The molecule has 2 fully saturated rings. The summed E-state index contributed by atoms with van der Waals surface area (Å²) in [5, 5.41) is 24.2. The first-order valence-corrected chi connectivity index (χ1v) is 11.8. The van der Waals surface area contributed by atoms with Crippen molar-refractivity contribution in [3.63, 3.8) is 0 Å². The van der Waals surface area contributed by atoms with Gasteiger partial charge in [0.1, 0.15) is 0 Å². The minimum absolute atomic E-state index is 0.0133. The fourth-order valence-electron chi connectivity index (χ4n) is 5.09. The number of carbonyl (C=O) groups is 1. The largest absolute Gasteiger partial charge is 0.493 e. The number of carbonyl (C=O) groups excluding carboxylic acids is 1. The summed E-state index contributed by atoms with van der Waals surface area (Å²) in [7, 11) is 0. The Hall–Kier alpha value is -3.70. The van der Waals surface area contributed by atoms with Crippen LogP contribution in [0, 0.1) is 18.3 Å². The van der Waals surface area contributed by atoms with Crippen molar-refractivity contribution < 1.29 is 9.90 Å². The number of nitriles is 1. The third-order valence-corrected chi connectivity index (χ3v) is 6.91. The highest BCUT2D eigenvalue weighted by Crippen LogP contribution is 2.33. The minimum Gasteiger partial charge on any atom is -0.493 e. The summed E-state index contributed by atoms with van der Waals surface area (Å²) in [4.78, 5) is 22.1. The number of amides is 1. The van der Waals surface area contributed by atoms with Crippen LogP contribution in [0.2, 0.25) is 0 Å². The Morgan fingerprint density at radius 1 is 1.12 bits per heavy atom. The number of aromatic nitrogens is 3. The molecule has 2 aliphatic rings. The molecular formula is C26H28N6O2. The van der Waals surface area contributed by atoms with Crippen molar-refractivity contribution in [2.75, 3.05) is 26.2 Å². The van der Waals surface area contributed by atoms with Gasteiger partial charge >= 0.3 is 0 Å². The summed E-state index contributed by atoms with van der Waals surface area (Å²) in [5.74, 6) is 0.408. The number of hydrogen-bond donors (Lipinski definition) is 1. The van der Waals surface area contributed by atoms with Crippen LogP contribution in [0.1, 0.15) is 47.2 Å². The average molecular weight is 457 g/mol. The molecule has 8 nitrogen and oxygen atoms in total. The monoisotopic (exact) mass is 456 g/mol. The van der Waals surface area contributed by atoms with E-state index in [0.29, 0.717) is 22.5 Å². The van der Waals surface area contributed by atoms with Gasteiger partial charge in [-0.05, 0) is 81.1 Å². The molecule has 4 heterocycles. The van der Waals surface area contributed by atoms with E-state index in [2.05, 4.69) is 21.1 Å². The maximum atomic E-state index is 13.2. The van der Waals surface area contributed by atoms with Crippen LogP contribution in [-0.4, -0.2) is 67.8 Å². The Balaban J connectivity index is 1.33. The lowest BCUT2D eigenvalue weighted by Crippen LogP contribution is -2.42. The second-order valence-corrected chi connectivity index (χ2v) is 9.14. The molecule has 0 saturated carbocycles. The van der Waals surface area contributed by atoms with Gasteiger partial charge in [0.2, 0.25) is 5.88 Å². The predicted molar refractivity (Wildman–Crippen MR) is 128 cm³/mol. The fourth-order valence-corrected chi connectivity index (χ4v) is 5.09. The third-order valence-electron chi connectivity index (χ3n) is 6.91. The standard InChI is InChI=1S/C26H28N6O2/c1-18-13-19(14-27)6-8-22(18)23-16-29-32(26(23)34)24-9-7-20(15-28-24)25(33)31-12-4-5-21(31)17-30-10-2-3-11-30/h6-9,13,15-16,21,34H,2-5,10-12,17H2,1H3. The van der Waals surface area contributed by atoms with Crippen molar-refractivity contribution in [2.24, 2.45) is 0 Å². The molecule has 174 valence electrons. The highest BCUT2D eigenvalue weighted by molar-refractivity contribution is 5.94. The number of likely N-dealkylation sites (tertiary alicyclic amines) is 2. The summed E-state index contributed by atoms with van der Waals surface area (Å²) >= 11 is 0. The van der Waals surface area contributed by atoms with Gasteiger partial charge in [-0.3, -0.25) is 4.79 Å². The van der Waals surface area contributed by atoms with Gasteiger partial charge < -0.3 is 14.9 Å². The van der Waals surface area contributed by atoms with Gasteiger partial charge in [-0.1, -0.05) is 6.07 Å². The van der Waals surface area contributed by atoms with Crippen LogP contribution in [-0.2, 0) is 0 Å². The van der Waals surface area contributed by atoms with Gasteiger partial charge in [-0.25, -0.2) is 4.98 Å². The number of pyridine rings is 1. The Bertz CT molecular complexity index is 1240. The van der Waals surface area contributed by atoms with Crippen molar-refractivity contribution in [1.82, 2.24) is 24.6 Å². The number of aromatic hydroxyl groups is 1. The first-order valence-electron chi connectivity index (χ1n) is 11.8. The molecule has 5 rings (SSSR count). The summed E-state index contributed by atoms with van der Waals surface area (Å²) in [5.41, 5.74) is 3.35. The summed E-state index contributed by atoms with van der Waals surface area (Å²) in [6, 6.07) is 11.1. The molecule has 1 atom stereocenters. The number of aryl methyl sites for hydroxylation is 1. The van der Waals surface area contributed by atoms with Crippen molar-refractivity contribution >= 4 is 5.91 Å². The topological polar surface area (TPSA) is 98.3 Å². The Kier molecular flexibility index (Phi) is 6.03. The molecule has 2 saturated heterocycles. The zero-order valence-corrected chi connectivity index (χ0v) is 19.3. The minimum atomic E-state index is -0.0374. The van der Waals surface area contributed by atoms with E-state index < -0.39 is 0 Å². The molecule has 0 bridgehead atoms. The van der Waals surface area contributed by atoms with E-state index in [9.17, 15) is 9.90 Å². The summed E-state index contributed by atoms with van der Waals surface area (Å²) < 4.78 is 1.35. The average Bonchev–Trinajstić information content (AvgIpc) is 3.61. The maximum Gasteiger partial charge on any atom is 0.255 e. The van der Waals surface area contributed by atoms with E-state index in [1.54, 1.807) is 42.7 Å². The number of rotatable bonds is 5. The van der Waals surface area contributed by atoms with Gasteiger partial charge in [0.05, 0.1) is 29.0 Å². The van der Waals surface area contributed by atoms with Gasteiger partial charge in [0.25, 0.3) is 5.91 Å². The van der Waals surface area contributed by atoms with Gasteiger partial charge in [0, 0.05) is 25.3 Å². The summed E-state index contributed by atoms with van der Waals surface area (Å²) in [6.07, 6.45) is 7.73. The van der Waals surface area contributed by atoms with E-state index in [1.165, 1.54) is 17.5 Å². The van der Waals surface area contributed by atoms with Crippen LogP contribution in [0.3, 0.4) is 0 Å². The second-order valence-electron chi connectivity index (χ2n) is 9.14. The second kappa shape index (κ2) is 9.27. The van der Waals surface area contributed by atoms with Crippen LogP contribution in [0.5, 0.6) is 5.88 Å². The van der Waals surface area contributed by atoms with Crippen LogP contribution >= 0.6 is 0 Å². The first kappa shape index (κ1) is 22.1.